The molecule has 3 rings (SSSR count). The number of rotatable bonds is 5. The smallest absolute Gasteiger partial charge is 0.331 e. The number of hydrogen-bond donors (Lipinski definition) is 0. The average Bonchev–Trinajstić information content (AvgIpc) is 3.19. The van der Waals surface area contributed by atoms with Crippen molar-refractivity contribution >= 4 is 28.8 Å². The predicted molar refractivity (Wildman–Crippen MR) is 79.2 cm³/mol. The summed E-state index contributed by atoms with van der Waals surface area (Å²) in [6.45, 7) is -0.374. The summed E-state index contributed by atoms with van der Waals surface area (Å²) in [4.78, 5) is 23.5. The van der Waals surface area contributed by atoms with Crippen LogP contribution >= 0.6 is 0 Å². The zero-order valence-corrected chi connectivity index (χ0v) is 11.5. The van der Waals surface area contributed by atoms with Crippen LogP contribution < -0.4 is 0 Å². The molecule has 5 heteroatoms. The summed E-state index contributed by atoms with van der Waals surface area (Å²) in [5.41, 5.74) is 0.620. The van der Waals surface area contributed by atoms with E-state index >= 15 is 0 Å². The maximum Gasteiger partial charge on any atom is 0.331 e. The number of esters is 1. The van der Waals surface area contributed by atoms with Crippen molar-refractivity contribution in [3.8, 4) is 0 Å². The first-order valence-corrected chi connectivity index (χ1v) is 6.62. The fourth-order valence-corrected chi connectivity index (χ4v) is 1.91. The zero-order valence-electron chi connectivity index (χ0n) is 11.5. The molecule has 0 unspecified atom stereocenters. The van der Waals surface area contributed by atoms with Crippen LogP contribution in [-0.4, -0.2) is 18.4 Å². The molecule has 0 N–H and O–H groups in total. The summed E-state index contributed by atoms with van der Waals surface area (Å²) in [5.74, 6) is -0.318. The fraction of sp³-hybridized carbons (Fsp3) is 0.0588. The Morgan fingerprint density at radius 3 is 2.77 bits per heavy atom. The van der Waals surface area contributed by atoms with Gasteiger partial charge in [-0.05, 0) is 30.3 Å². The summed E-state index contributed by atoms with van der Waals surface area (Å²) in [6.07, 6.45) is 4.16. The number of ether oxygens (including phenoxy) is 1. The number of para-hydroxylation sites is 1. The maximum atomic E-state index is 11.9. The van der Waals surface area contributed by atoms with E-state index in [9.17, 15) is 9.59 Å². The van der Waals surface area contributed by atoms with Gasteiger partial charge in [0, 0.05) is 11.5 Å². The topological polar surface area (TPSA) is 69.7 Å². The summed E-state index contributed by atoms with van der Waals surface area (Å²) in [7, 11) is 0. The van der Waals surface area contributed by atoms with E-state index in [1.807, 2.05) is 18.2 Å². The molecule has 2 aromatic heterocycles. The molecule has 0 spiro atoms. The van der Waals surface area contributed by atoms with Gasteiger partial charge < -0.3 is 13.6 Å². The molecule has 0 saturated carbocycles. The Hall–Kier alpha value is -3.08. The second kappa shape index (κ2) is 6.13. The molecular formula is C17H12O5. The van der Waals surface area contributed by atoms with Crippen LogP contribution in [0.1, 0.15) is 16.3 Å². The van der Waals surface area contributed by atoms with Gasteiger partial charge in [-0.15, -0.1) is 0 Å². The minimum atomic E-state index is -0.624. The van der Waals surface area contributed by atoms with Crippen molar-refractivity contribution in [1.29, 1.82) is 0 Å². The first-order chi connectivity index (χ1) is 10.7. The highest BCUT2D eigenvalue weighted by atomic mass is 16.5. The lowest BCUT2D eigenvalue weighted by molar-refractivity contribution is -0.136. The van der Waals surface area contributed by atoms with Crippen molar-refractivity contribution in [3.05, 3.63) is 66.3 Å². The molecule has 0 saturated heterocycles. The van der Waals surface area contributed by atoms with Crippen LogP contribution in [0.2, 0.25) is 0 Å². The molecule has 22 heavy (non-hydrogen) atoms. The summed E-state index contributed by atoms with van der Waals surface area (Å²) in [5, 5.41) is 0.829. The van der Waals surface area contributed by atoms with E-state index in [1.165, 1.54) is 18.4 Å². The highest BCUT2D eigenvalue weighted by Gasteiger charge is 2.13. The van der Waals surface area contributed by atoms with E-state index in [0.717, 1.165) is 5.39 Å². The molecule has 110 valence electrons. The predicted octanol–water partition coefficient (Wildman–Crippen LogP) is 3.47. The van der Waals surface area contributed by atoms with Gasteiger partial charge in [-0.1, -0.05) is 18.2 Å². The molecule has 5 nitrogen and oxygen atoms in total. The molecule has 0 bridgehead atoms. The van der Waals surface area contributed by atoms with Gasteiger partial charge in [-0.25, -0.2) is 4.79 Å². The van der Waals surface area contributed by atoms with E-state index in [2.05, 4.69) is 0 Å². The molecule has 1 aromatic carbocycles. The fourth-order valence-electron chi connectivity index (χ4n) is 1.91. The van der Waals surface area contributed by atoms with Gasteiger partial charge in [0.1, 0.15) is 11.3 Å². The van der Waals surface area contributed by atoms with E-state index in [0.29, 0.717) is 11.3 Å². The van der Waals surface area contributed by atoms with Gasteiger partial charge in [-0.3, -0.25) is 4.79 Å². The normalized spacial score (nSPS) is 11.1. The molecule has 2 heterocycles. The van der Waals surface area contributed by atoms with Gasteiger partial charge in [0.25, 0.3) is 0 Å². The van der Waals surface area contributed by atoms with Crippen LogP contribution in [0.25, 0.3) is 17.0 Å². The van der Waals surface area contributed by atoms with Crippen LogP contribution in [-0.2, 0) is 9.53 Å². The van der Waals surface area contributed by atoms with E-state index in [4.69, 9.17) is 13.6 Å². The number of fused-ring (bicyclic) bond motifs is 1. The molecule has 0 aliphatic heterocycles. The highest BCUT2D eigenvalue weighted by Crippen LogP contribution is 2.19. The SMILES string of the molecule is O=C(/C=C/c1ccco1)OCC(=O)c1cc2ccccc2o1. The zero-order chi connectivity index (χ0) is 15.4. The van der Waals surface area contributed by atoms with Crippen molar-refractivity contribution < 1.29 is 23.2 Å². The Morgan fingerprint density at radius 2 is 2.00 bits per heavy atom. The number of furan rings is 2. The molecule has 0 aliphatic carbocycles. The second-order valence-electron chi connectivity index (χ2n) is 4.53. The highest BCUT2D eigenvalue weighted by molar-refractivity contribution is 5.99. The summed E-state index contributed by atoms with van der Waals surface area (Å²) >= 11 is 0. The minimum absolute atomic E-state index is 0.170. The molecule has 0 amide bonds. The molecule has 0 radical (unpaired) electrons. The molecule has 0 atom stereocenters. The number of carbonyl (C=O) groups excluding carboxylic acids is 2. The number of carbonyl (C=O) groups is 2. The Balaban J connectivity index is 1.58. The number of hydrogen-bond acceptors (Lipinski definition) is 5. The third-order valence-corrected chi connectivity index (χ3v) is 2.97. The van der Waals surface area contributed by atoms with Gasteiger partial charge >= 0.3 is 5.97 Å². The van der Waals surface area contributed by atoms with Crippen molar-refractivity contribution in [2.75, 3.05) is 6.61 Å². The third kappa shape index (κ3) is 3.15. The summed E-state index contributed by atoms with van der Waals surface area (Å²) < 4.78 is 15.3. The van der Waals surface area contributed by atoms with Gasteiger partial charge in [0.05, 0.1) is 6.26 Å². The van der Waals surface area contributed by atoms with Crippen LogP contribution in [0, 0.1) is 0 Å². The minimum Gasteiger partial charge on any atom is -0.465 e. The van der Waals surface area contributed by atoms with Gasteiger partial charge in [0.2, 0.25) is 5.78 Å². The van der Waals surface area contributed by atoms with Gasteiger partial charge in [-0.2, -0.15) is 0 Å². The Bertz CT molecular complexity index is 791. The average molecular weight is 296 g/mol. The van der Waals surface area contributed by atoms with E-state index < -0.39 is 11.8 Å². The van der Waals surface area contributed by atoms with E-state index in [-0.39, 0.29) is 12.4 Å². The number of Topliss-reactive ketones (excluding diaryl/α,β-unsaturated/α-hetero) is 1. The number of ketones is 1. The van der Waals surface area contributed by atoms with Crippen molar-refractivity contribution in [2.24, 2.45) is 0 Å². The van der Waals surface area contributed by atoms with Gasteiger partial charge in [0.15, 0.2) is 12.4 Å². The lowest BCUT2D eigenvalue weighted by atomic mass is 10.2. The molecular weight excluding hydrogens is 284 g/mol. The van der Waals surface area contributed by atoms with Crippen molar-refractivity contribution in [3.63, 3.8) is 0 Å². The van der Waals surface area contributed by atoms with Crippen molar-refractivity contribution in [1.82, 2.24) is 0 Å². The first-order valence-electron chi connectivity index (χ1n) is 6.62. The third-order valence-electron chi connectivity index (χ3n) is 2.97. The summed E-state index contributed by atoms with van der Waals surface area (Å²) in [6, 6.07) is 12.3. The van der Waals surface area contributed by atoms with Crippen LogP contribution in [0.4, 0.5) is 0 Å². The molecule has 0 fully saturated rings. The standard InChI is InChI=1S/C17H12O5/c18-14(16-10-12-4-1-2-6-15(12)22-16)11-21-17(19)8-7-13-5-3-9-20-13/h1-10H,11H2/b8-7+. The molecule has 0 aliphatic rings. The maximum absolute atomic E-state index is 11.9. The quantitative estimate of drug-likeness (QED) is 0.409. The lowest BCUT2D eigenvalue weighted by Crippen LogP contribution is -2.11. The van der Waals surface area contributed by atoms with E-state index in [1.54, 1.807) is 24.3 Å². The molecule has 3 aromatic rings. The Kier molecular flexibility index (Phi) is 3.87. The second-order valence-corrected chi connectivity index (χ2v) is 4.53. The van der Waals surface area contributed by atoms with Crippen LogP contribution in [0.3, 0.4) is 0 Å². The monoisotopic (exact) mass is 296 g/mol. The largest absolute Gasteiger partial charge is 0.465 e. The Labute approximate surface area is 125 Å². The first kappa shape index (κ1) is 13.9. The van der Waals surface area contributed by atoms with Crippen LogP contribution in [0.5, 0.6) is 0 Å². The number of benzene rings is 1. The Morgan fingerprint density at radius 1 is 1.14 bits per heavy atom. The van der Waals surface area contributed by atoms with Crippen LogP contribution in [0.15, 0.2) is 63.6 Å². The lowest BCUT2D eigenvalue weighted by Gasteiger charge is -1.98. The van der Waals surface area contributed by atoms with Crippen molar-refractivity contribution in [2.45, 2.75) is 0 Å².